The molecule has 1 aromatic rings. The molecule has 0 aliphatic carbocycles. The van der Waals surface area contributed by atoms with Crippen molar-refractivity contribution in [1.82, 2.24) is 4.98 Å². The van der Waals surface area contributed by atoms with Crippen molar-refractivity contribution in [3.8, 4) is 0 Å². The van der Waals surface area contributed by atoms with Gasteiger partial charge in [-0.2, -0.15) is 0 Å². The number of aromatic amines is 1. The fraction of sp³-hybridized carbons (Fsp3) is 0.636. The van der Waals surface area contributed by atoms with Gasteiger partial charge in [-0.25, -0.2) is 0 Å². The molecule has 0 fully saturated rings. The molecule has 1 nitrogen and oxygen atoms in total. The summed E-state index contributed by atoms with van der Waals surface area (Å²) < 4.78 is 0. The average molecular weight is 322 g/mol. The molecular formula is C22H43N. The van der Waals surface area contributed by atoms with Crippen molar-refractivity contribution in [3.05, 3.63) is 35.2 Å². The van der Waals surface area contributed by atoms with Gasteiger partial charge in [0.25, 0.3) is 0 Å². The highest BCUT2D eigenvalue weighted by Crippen LogP contribution is 2.27. The van der Waals surface area contributed by atoms with E-state index in [-0.39, 0.29) is 0 Å². The monoisotopic (exact) mass is 321 g/mol. The van der Waals surface area contributed by atoms with Crippen LogP contribution >= 0.6 is 0 Å². The predicted molar refractivity (Wildman–Crippen MR) is 112 cm³/mol. The molecule has 1 rings (SSSR count). The van der Waals surface area contributed by atoms with Gasteiger partial charge in [0, 0.05) is 17.5 Å². The smallest absolute Gasteiger partial charge is 0.0453 e. The fourth-order valence-corrected chi connectivity index (χ4v) is 1.75. The Bertz CT molecular complexity index is 381. The number of allylic oxidation sites excluding steroid dienone is 2. The minimum Gasteiger partial charge on any atom is -0.361 e. The summed E-state index contributed by atoms with van der Waals surface area (Å²) in [5.41, 5.74) is 3.97. The van der Waals surface area contributed by atoms with Crippen LogP contribution in [0.15, 0.2) is 18.3 Å². The number of aromatic nitrogens is 1. The second kappa shape index (κ2) is 20.8. The van der Waals surface area contributed by atoms with E-state index in [1.165, 1.54) is 36.1 Å². The molecule has 0 saturated carbocycles. The van der Waals surface area contributed by atoms with Gasteiger partial charge < -0.3 is 4.98 Å². The zero-order valence-corrected chi connectivity index (χ0v) is 17.6. The third kappa shape index (κ3) is 11.9. The number of unbranched alkanes of at least 4 members (excludes halogenated alkanes) is 1. The van der Waals surface area contributed by atoms with Gasteiger partial charge in [0.15, 0.2) is 0 Å². The molecule has 136 valence electrons. The molecule has 1 N–H and O–H groups in total. The highest BCUT2D eigenvalue weighted by atomic mass is 14.7. The minimum atomic E-state index is 0.617. The second-order valence-corrected chi connectivity index (χ2v) is 4.88. The summed E-state index contributed by atoms with van der Waals surface area (Å²) >= 11 is 0. The highest BCUT2D eigenvalue weighted by Gasteiger charge is 2.11. The maximum atomic E-state index is 3.34. The molecule has 1 unspecified atom stereocenters. The normalized spacial score (nSPS) is 11.0. The Morgan fingerprint density at radius 1 is 0.913 bits per heavy atom. The van der Waals surface area contributed by atoms with Gasteiger partial charge in [0.2, 0.25) is 0 Å². The van der Waals surface area contributed by atoms with Gasteiger partial charge in [0.05, 0.1) is 0 Å². The molecule has 1 atom stereocenters. The van der Waals surface area contributed by atoms with Crippen molar-refractivity contribution in [2.75, 3.05) is 0 Å². The molecule has 1 heterocycles. The quantitative estimate of drug-likeness (QED) is 0.559. The first-order chi connectivity index (χ1) is 11.2. The number of H-pyrrole nitrogens is 1. The Morgan fingerprint density at radius 3 is 1.74 bits per heavy atom. The summed E-state index contributed by atoms with van der Waals surface area (Å²) in [4.78, 5) is 3.34. The predicted octanol–water partition coefficient (Wildman–Crippen LogP) is 8.45. The summed E-state index contributed by atoms with van der Waals surface area (Å²) in [5, 5.41) is 0. The molecule has 23 heavy (non-hydrogen) atoms. The van der Waals surface area contributed by atoms with Crippen molar-refractivity contribution in [3.63, 3.8) is 0 Å². The first-order valence-corrected chi connectivity index (χ1v) is 9.62. The molecule has 0 aromatic carbocycles. The fourth-order valence-electron chi connectivity index (χ4n) is 1.75. The Balaban J connectivity index is -0.000000426. The molecule has 0 amide bonds. The number of hydrogen-bond donors (Lipinski definition) is 1. The van der Waals surface area contributed by atoms with Crippen LogP contribution in [0.25, 0.3) is 12.2 Å². The Hall–Kier alpha value is -1.24. The summed E-state index contributed by atoms with van der Waals surface area (Å²) in [7, 11) is 0. The van der Waals surface area contributed by atoms with Crippen LogP contribution in [0.3, 0.4) is 0 Å². The second-order valence-electron chi connectivity index (χ2n) is 4.88. The molecule has 0 radical (unpaired) electrons. The first kappa shape index (κ1) is 26.6. The molecule has 1 aromatic heterocycles. The third-order valence-corrected chi connectivity index (χ3v) is 3.29. The lowest BCUT2D eigenvalue weighted by Gasteiger charge is -2.07. The van der Waals surface area contributed by atoms with Crippen LogP contribution in [0.2, 0.25) is 0 Å². The molecule has 0 spiro atoms. The maximum Gasteiger partial charge on any atom is 0.0453 e. The summed E-state index contributed by atoms with van der Waals surface area (Å²) in [6.45, 7) is 21.0. The molecule has 1 heteroatoms. The van der Waals surface area contributed by atoms with Gasteiger partial charge in [-0.1, -0.05) is 86.5 Å². The van der Waals surface area contributed by atoms with Gasteiger partial charge in [0.1, 0.15) is 0 Å². The van der Waals surface area contributed by atoms with E-state index in [2.05, 4.69) is 70.1 Å². The van der Waals surface area contributed by atoms with Crippen LogP contribution in [0.4, 0.5) is 0 Å². The van der Waals surface area contributed by atoms with Crippen LogP contribution in [0.5, 0.6) is 0 Å². The molecular weight excluding hydrogens is 278 g/mol. The van der Waals surface area contributed by atoms with Crippen LogP contribution in [-0.4, -0.2) is 4.98 Å². The Kier molecular flexibility index (Phi) is 24.1. The van der Waals surface area contributed by atoms with Crippen molar-refractivity contribution in [2.45, 2.75) is 94.4 Å². The third-order valence-electron chi connectivity index (χ3n) is 3.29. The van der Waals surface area contributed by atoms with E-state index in [9.17, 15) is 0 Å². The first-order valence-electron chi connectivity index (χ1n) is 9.62. The topological polar surface area (TPSA) is 15.8 Å². The lowest BCUT2D eigenvalue weighted by atomic mass is 9.96. The summed E-state index contributed by atoms with van der Waals surface area (Å²) in [6, 6.07) is 0. The van der Waals surface area contributed by atoms with E-state index >= 15 is 0 Å². The number of hydrogen-bond acceptors (Lipinski definition) is 0. The number of nitrogens with one attached hydrogen (secondary N) is 1. The molecule has 0 aliphatic rings. The van der Waals surface area contributed by atoms with Crippen molar-refractivity contribution in [1.29, 1.82) is 0 Å². The standard InChI is InChI=1S/C14H21N.C4H10.2C2H6/c1-5-8-12-13(11(4)7-3)10-15-14(12)9-6-2;1-3-4-2;2*1-2/h5-6,8-11,15H,7H2,1-4H3;3-4H2,1-2H3;2*1-2H3/b8-5-,9-6-;;;. The lowest BCUT2D eigenvalue weighted by molar-refractivity contribution is 0.733. The van der Waals surface area contributed by atoms with Gasteiger partial charge in [-0.15, -0.1) is 0 Å². The van der Waals surface area contributed by atoms with Gasteiger partial charge >= 0.3 is 0 Å². The lowest BCUT2D eigenvalue weighted by Crippen LogP contribution is -1.91. The Morgan fingerprint density at radius 2 is 1.39 bits per heavy atom. The maximum absolute atomic E-state index is 3.34. The average Bonchev–Trinajstić information content (AvgIpc) is 3.01. The number of rotatable bonds is 5. The summed E-state index contributed by atoms with van der Waals surface area (Å²) in [6.07, 6.45) is 14.4. The summed E-state index contributed by atoms with van der Waals surface area (Å²) in [5.74, 6) is 0.617. The van der Waals surface area contributed by atoms with Crippen molar-refractivity contribution >= 4 is 12.2 Å². The van der Waals surface area contributed by atoms with E-state index in [1.54, 1.807) is 0 Å². The zero-order valence-electron chi connectivity index (χ0n) is 17.6. The van der Waals surface area contributed by atoms with Gasteiger partial charge in [-0.05, 0) is 37.8 Å². The van der Waals surface area contributed by atoms with Crippen molar-refractivity contribution in [2.24, 2.45) is 0 Å². The van der Waals surface area contributed by atoms with Crippen LogP contribution in [0, 0.1) is 0 Å². The Labute approximate surface area is 147 Å². The van der Waals surface area contributed by atoms with E-state index in [0.29, 0.717) is 5.92 Å². The van der Waals surface area contributed by atoms with Gasteiger partial charge in [-0.3, -0.25) is 0 Å². The molecule has 0 bridgehead atoms. The van der Waals surface area contributed by atoms with E-state index in [4.69, 9.17) is 0 Å². The van der Waals surface area contributed by atoms with Crippen LogP contribution in [-0.2, 0) is 0 Å². The van der Waals surface area contributed by atoms with E-state index < -0.39 is 0 Å². The minimum absolute atomic E-state index is 0.617. The van der Waals surface area contributed by atoms with E-state index in [1.807, 2.05) is 34.6 Å². The zero-order chi connectivity index (χ0) is 18.7. The van der Waals surface area contributed by atoms with Crippen LogP contribution in [0.1, 0.15) is 111 Å². The molecule has 0 aliphatic heterocycles. The largest absolute Gasteiger partial charge is 0.361 e. The van der Waals surface area contributed by atoms with Crippen LogP contribution < -0.4 is 0 Å². The SMILES string of the molecule is C/C=C\c1[nH]cc(C(C)CC)c1/C=C\C.CC.CC.CCCC. The highest BCUT2D eigenvalue weighted by molar-refractivity contribution is 5.66. The van der Waals surface area contributed by atoms with E-state index in [0.717, 1.165) is 0 Å². The van der Waals surface area contributed by atoms with Crippen molar-refractivity contribution < 1.29 is 0 Å². The molecule has 0 saturated heterocycles.